The highest BCUT2D eigenvalue weighted by Crippen LogP contribution is 2.30. The highest BCUT2D eigenvalue weighted by atomic mass is 32.2. The van der Waals surface area contributed by atoms with Crippen LogP contribution in [0.15, 0.2) is 35.5 Å². The lowest BCUT2D eigenvalue weighted by Crippen LogP contribution is -2.16. The molecule has 0 atom stereocenters. The van der Waals surface area contributed by atoms with Gasteiger partial charge in [0.25, 0.3) is 0 Å². The highest BCUT2D eigenvalue weighted by molar-refractivity contribution is 7.99. The predicted molar refractivity (Wildman–Crippen MR) is 111 cm³/mol. The van der Waals surface area contributed by atoms with E-state index in [9.17, 15) is 14.0 Å². The molecule has 152 valence electrons. The predicted octanol–water partition coefficient (Wildman–Crippen LogP) is 3.76. The summed E-state index contributed by atoms with van der Waals surface area (Å²) in [6.45, 7) is 1.97. The maximum absolute atomic E-state index is 13.1. The van der Waals surface area contributed by atoms with Gasteiger partial charge in [-0.25, -0.2) is 9.18 Å². The number of esters is 1. The molecule has 2 heterocycles. The Morgan fingerprint density at radius 3 is 2.66 bits per heavy atom. The first-order chi connectivity index (χ1) is 13.9. The number of nitrogens with zero attached hydrogens (tertiary/aromatic N) is 3. The third-order valence-electron chi connectivity index (χ3n) is 4.06. The molecule has 0 fully saturated rings. The van der Waals surface area contributed by atoms with Crippen LogP contribution < -0.4 is 5.32 Å². The minimum Gasteiger partial charge on any atom is -0.465 e. The largest absolute Gasteiger partial charge is 0.465 e. The SMILES string of the molecule is CCc1cc(C(=O)OC)c(NC(=O)CSc2nnc(-c3ccc(F)cc3)n2C)s1. The van der Waals surface area contributed by atoms with Crippen LogP contribution in [0, 0.1) is 5.82 Å². The maximum Gasteiger partial charge on any atom is 0.340 e. The normalized spacial score (nSPS) is 10.8. The summed E-state index contributed by atoms with van der Waals surface area (Å²) >= 11 is 2.57. The fourth-order valence-electron chi connectivity index (χ4n) is 2.55. The molecule has 0 unspecified atom stereocenters. The van der Waals surface area contributed by atoms with Gasteiger partial charge in [-0.2, -0.15) is 0 Å². The van der Waals surface area contributed by atoms with Crippen molar-refractivity contribution in [3.63, 3.8) is 0 Å². The lowest BCUT2D eigenvalue weighted by atomic mass is 10.2. The average Bonchev–Trinajstić information content (AvgIpc) is 3.29. The summed E-state index contributed by atoms with van der Waals surface area (Å²) in [4.78, 5) is 25.3. The van der Waals surface area contributed by atoms with Gasteiger partial charge >= 0.3 is 5.97 Å². The Kier molecular flexibility index (Phi) is 6.65. The number of anilines is 1. The van der Waals surface area contributed by atoms with E-state index in [1.54, 1.807) is 29.8 Å². The molecule has 0 aliphatic heterocycles. The number of carbonyl (C=O) groups is 2. The minimum absolute atomic E-state index is 0.0926. The summed E-state index contributed by atoms with van der Waals surface area (Å²) in [6.07, 6.45) is 0.754. The molecule has 1 N–H and O–H groups in total. The standard InChI is InChI=1S/C19H19FN4O3S2/c1-4-13-9-14(18(26)27-3)17(29-13)21-15(25)10-28-19-23-22-16(24(19)2)11-5-7-12(20)8-6-11/h5-9H,4,10H2,1-3H3,(H,21,25). The van der Waals surface area contributed by atoms with Crippen molar-refractivity contribution in [2.75, 3.05) is 18.2 Å². The Hall–Kier alpha value is -2.72. The number of aromatic nitrogens is 3. The van der Waals surface area contributed by atoms with Gasteiger partial charge in [-0.1, -0.05) is 18.7 Å². The summed E-state index contributed by atoms with van der Waals surface area (Å²) in [7, 11) is 3.08. The molecule has 0 spiro atoms. The molecular weight excluding hydrogens is 415 g/mol. The van der Waals surface area contributed by atoms with E-state index in [0.29, 0.717) is 21.5 Å². The Labute approximate surface area is 175 Å². The number of thioether (sulfide) groups is 1. The summed E-state index contributed by atoms with van der Waals surface area (Å²) < 4.78 is 19.6. The van der Waals surface area contributed by atoms with Crippen LogP contribution in [0.2, 0.25) is 0 Å². The van der Waals surface area contributed by atoms with Crippen LogP contribution in [0.25, 0.3) is 11.4 Å². The minimum atomic E-state index is -0.485. The van der Waals surface area contributed by atoms with Gasteiger partial charge in [0.2, 0.25) is 5.91 Å². The van der Waals surface area contributed by atoms with Gasteiger partial charge in [0.05, 0.1) is 18.4 Å². The molecule has 0 radical (unpaired) electrons. The molecule has 2 aromatic heterocycles. The van der Waals surface area contributed by atoms with Crippen LogP contribution in [-0.2, 0) is 23.0 Å². The number of hydrogen-bond donors (Lipinski definition) is 1. The van der Waals surface area contributed by atoms with Gasteiger partial charge in [0.1, 0.15) is 10.8 Å². The molecule has 3 aromatic rings. The van der Waals surface area contributed by atoms with Crippen molar-refractivity contribution in [3.05, 3.63) is 46.6 Å². The van der Waals surface area contributed by atoms with Crippen molar-refractivity contribution in [3.8, 4) is 11.4 Å². The zero-order chi connectivity index (χ0) is 21.0. The van der Waals surface area contributed by atoms with Crippen molar-refractivity contribution in [2.24, 2.45) is 7.05 Å². The number of rotatable bonds is 7. The van der Waals surface area contributed by atoms with Crippen molar-refractivity contribution in [1.82, 2.24) is 14.8 Å². The van der Waals surface area contributed by atoms with E-state index in [0.717, 1.165) is 16.9 Å². The summed E-state index contributed by atoms with van der Waals surface area (Å²) in [6, 6.07) is 7.69. The summed E-state index contributed by atoms with van der Waals surface area (Å²) in [5.41, 5.74) is 1.08. The third kappa shape index (κ3) is 4.83. The van der Waals surface area contributed by atoms with Crippen LogP contribution in [0.4, 0.5) is 9.39 Å². The van der Waals surface area contributed by atoms with Crippen molar-refractivity contribution >= 4 is 40.0 Å². The second-order valence-electron chi connectivity index (χ2n) is 6.01. The highest BCUT2D eigenvalue weighted by Gasteiger charge is 2.19. The first kappa shape index (κ1) is 21.0. The fraction of sp³-hybridized carbons (Fsp3) is 0.263. The second kappa shape index (κ2) is 9.19. The molecule has 3 rings (SSSR count). The van der Waals surface area contributed by atoms with E-state index in [-0.39, 0.29) is 17.5 Å². The number of methoxy groups -OCH3 is 1. The van der Waals surface area contributed by atoms with E-state index in [1.807, 2.05) is 6.92 Å². The number of aryl methyl sites for hydroxylation is 1. The van der Waals surface area contributed by atoms with E-state index in [1.165, 1.54) is 42.3 Å². The Balaban J connectivity index is 1.67. The van der Waals surface area contributed by atoms with Crippen molar-refractivity contribution in [1.29, 1.82) is 0 Å². The number of nitrogens with one attached hydrogen (secondary N) is 1. The van der Waals surface area contributed by atoms with Crippen molar-refractivity contribution < 1.29 is 18.7 Å². The van der Waals surface area contributed by atoms with Crippen LogP contribution in [0.5, 0.6) is 0 Å². The average molecular weight is 435 g/mol. The number of halogens is 1. The number of thiophene rings is 1. The van der Waals surface area contributed by atoms with Gasteiger partial charge in [0, 0.05) is 17.5 Å². The Morgan fingerprint density at radius 2 is 2.00 bits per heavy atom. The van der Waals surface area contributed by atoms with Gasteiger partial charge in [-0.05, 0) is 36.8 Å². The van der Waals surface area contributed by atoms with E-state index in [2.05, 4.69) is 15.5 Å². The number of hydrogen-bond acceptors (Lipinski definition) is 7. The first-order valence-electron chi connectivity index (χ1n) is 8.72. The van der Waals surface area contributed by atoms with Crippen LogP contribution in [0.1, 0.15) is 22.2 Å². The third-order valence-corrected chi connectivity index (χ3v) is 6.27. The monoisotopic (exact) mass is 434 g/mol. The molecule has 0 saturated heterocycles. The molecule has 7 nitrogen and oxygen atoms in total. The first-order valence-corrected chi connectivity index (χ1v) is 10.5. The van der Waals surface area contributed by atoms with E-state index in [4.69, 9.17) is 4.74 Å². The lowest BCUT2D eigenvalue weighted by Gasteiger charge is -2.06. The quantitative estimate of drug-likeness (QED) is 0.450. The number of ether oxygens (including phenoxy) is 1. The van der Waals surface area contributed by atoms with Crippen molar-refractivity contribution in [2.45, 2.75) is 18.5 Å². The zero-order valence-electron chi connectivity index (χ0n) is 16.1. The number of benzene rings is 1. The molecule has 0 bridgehead atoms. The molecular formula is C19H19FN4O3S2. The van der Waals surface area contributed by atoms with Crippen LogP contribution in [0.3, 0.4) is 0 Å². The Bertz CT molecular complexity index is 1030. The van der Waals surface area contributed by atoms with Crippen LogP contribution >= 0.6 is 23.1 Å². The lowest BCUT2D eigenvalue weighted by molar-refractivity contribution is -0.113. The van der Waals surface area contributed by atoms with Crippen LogP contribution in [-0.4, -0.2) is 39.5 Å². The van der Waals surface area contributed by atoms with Gasteiger partial charge in [-0.15, -0.1) is 21.5 Å². The summed E-state index contributed by atoms with van der Waals surface area (Å²) in [5, 5.41) is 12.0. The molecule has 1 amide bonds. The molecule has 1 aromatic carbocycles. The number of amides is 1. The number of carbonyl (C=O) groups excluding carboxylic acids is 2. The second-order valence-corrected chi connectivity index (χ2v) is 8.09. The van der Waals surface area contributed by atoms with Gasteiger partial charge in [-0.3, -0.25) is 4.79 Å². The fourth-order valence-corrected chi connectivity index (χ4v) is 4.27. The molecule has 10 heteroatoms. The molecule has 29 heavy (non-hydrogen) atoms. The molecule has 0 aliphatic carbocycles. The maximum atomic E-state index is 13.1. The molecule has 0 saturated carbocycles. The zero-order valence-corrected chi connectivity index (χ0v) is 17.7. The van der Waals surface area contributed by atoms with Gasteiger partial charge < -0.3 is 14.6 Å². The summed E-state index contributed by atoms with van der Waals surface area (Å²) in [5.74, 6) is -0.410. The van der Waals surface area contributed by atoms with E-state index >= 15 is 0 Å². The Morgan fingerprint density at radius 1 is 1.28 bits per heavy atom. The van der Waals surface area contributed by atoms with Gasteiger partial charge in [0.15, 0.2) is 11.0 Å². The molecule has 0 aliphatic rings. The smallest absolute Gasteiger partial charge is 0.340 e. The topological polar surface area (TPSA) is 86.1 Å². The van der Waals surface area contributed by atoms with E-state index < -0.39 is 5.97 Å².